The first-order chi connectivity index (χ1) is 14.1. The molecule has 2 amide bonds. The summed E-state index contributed by atoms with van der Waals surface area (Å²) in [5.41, 5.74) is 3.75. The average molecular weight is 389 g/mol. The third-order valence-corrected chi connectivity index (χ3v) is 6.05. The number of nitriles is 1. The first-order valence-corrected chi connectivity index (χ1v) is 9.87. The minimum atomic E-state index is -0.243. The van der Waals surface area contributed by atoms with Gasteiger partial charge >= 0.3 is 0 Å². The Bertz CT molecular complexity index is 962. The second-order valence-electron chi connectivity index (χ2n) is 7.58. The summed E-state index contributed by atoms with van der Waals surface area (Å²) >= 11 is 0. The predicted octanol–water partition coefficient (Wildman–Crippen LogP) is 2.13. The minimum absolute atomic E-state index is 0.00595. The van der Waals surface area contributed by atoms with E-state index >= 15 is 0 Å². The number of piperazine rings is 1. The van der Waals surface area contributed by atoms with Crippen LogP contribution in [0.2, 0.25) is 0 Å². The van der Waals surface area contributed by atoms with Gasteiger partial charge in [0.25, 0.3) is 0 Å². The van der Waals surface area contributed by atoms with Gasteiger partial charge in [0.05, 0.1) is 36.9 Å². The molecule has 6 nitrogen and oxygen atoms in total. The second-order valence-corrected chi connectivity index (χ2v) is 7.58. The van der Waals surface area contributed by atoms with E-state index in [4.69, 9.17) is 5.26 Å². The maximum Gasteiger partial charge on any atom is 0.242 e. The second kappa shape index (κ2) is 7.69. The number of amides is 2. The van der Waals surface area contributed by atoms with Gasteiger partial charge in [-0.1, -0.05) is 43.3 Å². The molecule has 2 fully saturated rings. The summed E-state index contributed by atoms with van der Waals surface area (Å²) in [6.07, 6.45) is 0.382. The van der Waals surface area contributed by atoms with Gasteiger partial charge in [-0.15, -0.1) is 0 Å². The molecule has 0 aliphatic carbocycles. The van der Waals surface area contributed by atoms with Crippen LogP contribution in [0.1, 0.15) is 30.4 Å². The lowest BCUT2D eigenvalue weighted by atomic mass is 9.73. The maximum atomic E-state index is 12.5. The summed E-state index contributed by atoms with van der Waals surface area (Å²) in [4.78, 5) is 28.0. The van der Waals surface area contributed by atoms with E-state index in [1.54, 1.807) is 28.9 Å². The Balaban J connectivity index is 1.57. The van der Waals surface area contributed by atoms with E-state index < -0.39 is 0 Å². The average Bonchev–Trinajstić information content (AvgIpc) is 2.75. The number of rotatable bonds is 4. The van der Waals surface area contributed by atoms with Crippen molar-refractivity contribution in [3.63, 3.8) is 0 Å². The van der Waals surface area contributed by atoms with Crippen LogP contribution in [0.3, 0.4) is 0 Å². The van der Waals surface area contributed by atoms with Gasteiger partial charge < -0.3 is 14.9 Å². The fourth-order valence-corrected chi connectivity index (χ4v) is 4.55. The van der Waals surface area contributed by atoms with Crippen LogP contribution in [-0.4, -0.2) is 58.5 Å². The van der Waals surface area contributed by atoms with Crippen molar-refractivity contribution in [1.29, 1.82) is 5.26 Å². The molecule has 0 saturated carbocycles. The number of benzene rings is 2. The number of fused-ring (bicyclic) bond motifs is 1. The highest BCUT2D eigenvalue weighted by Crippen LogP contribution is 2.43. The van der Waals surface area contributed by atoms with Gasteiger partial charge in [-0.3, -0.25) is 9.59 Å². The number of aliphatic hydroxyl groups is 1. The normalized spacial score (nSPS) is 23.2. The van der Waals surface area contributed by atoms with Gasteiger partial charge in [0.15, 0.2) is 0 Å². The third kappa shape index (κ3) is 3.28. The van der Waals surface area contributed by atoms with E-state index in [0.29, 0.717) is 18.5 Å². The molecule has 29 heavy (non-hydrogen) atoms. The Morgan fingerprint density at radius 2 is 1.76 bits per heavy atom. The minimum Gasteiger partial charge on any atom is -0.394 e. The molecular formula is C23H23N3O3. The molecule has 2 aliphatic heterocycles. The van der Waals surface area contributed by atoms with Crippen LogP contribution in [0.15, 0.2) is 48.5 Å². The molecule has 2 aliphatic rings. The van der Waals surface area contributed by atoms with Gasteiger partial charge in [-0.2, -0.15) is 5.26 Å². The van der Waals surface area contributed by atoms with Gasteiger partial charge in [0, 0.05) is 18.9 Å². The zero-order chi connectivity index (χ0) is 20.5. The molecule has 148 valence electrons. The third-order valence-electron chi connectivity index (χ3n) is 6.05. The molecule has 0 unspecified atom stereocenters. The maximum absolute atomic E-state index is 12.5. The highest BCUT2D eigenvalue weighted by molar-refractivity contribution is 5.87. The number of hydrogen-bond donors (Lipinski definition) is 1. The van der Waals surface area contributed by atoms with E-state index in [1.165, 1.54) is 0 Å². The molecule has 0 radical (unpaired) electrons. The number of hydrogen-bond acceptors (Lipinski definition) is 4. The monoisotopic (exact) mass is 389 g/mol. The van der Waals surface area contributed by atoms with Crippen molar-refractivity contribution < 1.29 is 14.7 Å². The van der Waals surface area contributed by atoms with Crippen LogP contribution in [0.4, 0.5) is 0 Å². The van der Waals surface area contributed by atoms with Gasteiger partial charge in [0.1, 0.15) is 0 Å². The van der Waals surface area contributed by atoms with E-state index in [2.05, 4.69) is 6.07 Å². The van der Waals surface area contributed by atoms with Crippen LogP contribution in [0.5, 0.6) is 0 Å². The summed E-state index contributed by atoms with van der Waals surface area (Å²) in [7, 11) is 0. The lowest BCUT2D eigenvalue weighted by Crippen LogP contribution is -2.73. The molecule has 2 heterocycles. The molecule has 0 aromatic heterocycles. The van der Waals surface area contributed by atoms with Crippen molar-refractivity contribution >= 4 is 11.8 Å². The van der Waals surface area contributed by atoms with Crippen molar-refractivity contribution in [3.05, 3.63) is 59.7 Å². The summed E-state index contributed by atoms with van der Waals surface area (Å²) < 4.78 is 0. The molecule has 1 N–H and O–H groups in total. The van der Waals surface area contributed by atoms with Crippen LogP contribution in [0, 0.1) is 11.3 Å². The van der Waals surface area contributed by atoms with E-state index in [0.717, 1.165) is 16.7 Å². The summed E-state index contributed by atoms with van der Waals surface area (Å²) in [5, 5.41) is 18.8. The summed E-state index contributed by atoms with van der Waals surface area (Å²) in [5.74, 6) is -0.0978. The van der Waals surface area contributed by atoms with Gasteiger partial charge in [-0.05, 0) is 28.8 Å². The topological polar surface area (TPSA) is 84.6 Å². The molecule has 3 atom stereocenters. The summed E-state index contributed by atoms with van der Waals surface area (Å²) in [6.45, 7) is 2.32. The standard InChI is InChI=1S/C23H23N3O3/c1-2-21(28)25-12-19-23(20(14-27)26(19)22(29)13-25)18-9-7-17(8-10-18)16-5-3-15(11-24)4-6-16/h3-10,19-20,23,27H,2,12-14H2,1H3/t19-,20-,23+/m0/s1. The van der Waals surface area contributed by atoms with E-state index in [9.17, 15) is 14.7 Å². The van der Waals surface area contributed by atoms with E-state index in [-0.39, 0.29) is 43.0 Å². The Labute approximate surface area is 170 Å². The first-order valence-electron chi connectivity index (χ1n) is 9.87. The number of aliphatic hydroxyl groups excluding tert-OH is 1. The van der Waals surface area contributed by atoms with E-state index in [1.807, 2.05) is 36.4 Å². The zero-order valence-electron chi connectivity index (χ0n) is 16.3. The SMILES string of the molecule is CCC(=O)N1CC(=O)N2[C@@H](CO)[C@H](c3ccc(-c4ccc(C#N)cc4)cc3)[C@@H]2C1. The number of carbonyl (C=O) groups excluding carboxylic acids is 2. The van der Waals surface area contributed by atoms with Crippen LogP contribution in [-0.2, 0) is 9.59 Å². The van der Waals surface area contributed by atoms with Crippen molar-refractivity contribution in [3.8, 4) is 17.2 Å². The highest BCUT2D eigenvalue weighted by atomic mass is 16.3. The number of nitrogens with zero attached hydrogens (tertiary/aromatic N) is 3. The van der Waals surface area contributed by atoms with Crippen molar-refractivity contribution in [2.75, 3.05) is 19.7 Å². The Hall–Kier alpha value is -3.17. The van der Waals surface area contributed by atoms with Crippen molar-refractivity contribution in [2.45, 2.75) is 31.3 Å². The predicted molar refractivity (Wildman–Crippen MR) is 108 cm³/mol. The lowest BCUT2D eigenvalue weighted by Gasteiger charge is -2.58. The highest BCUT2D eigenvalue weighted by Gasteiger charge is 2.54. The van der Waals surface area contributed by atoms with Crippen LogP contribution >= 0.6 is 0 Å². The quantitative estimate of drug-likeness (QED) is 0.868. The first kappa shape index (κ1) is 19.2. The molecule has 0 spiro atoms. The molecular weight excluding hydrogens is 366 g/mol. The molecule has 4 rings (SSSR count). The zero-order valence-corrected chi connectivity index (χ0v) is 16.3. The van der Waals surface area contributed by atoms with Crippen LogP contribution < -0.4 is 0 Å². The largest absolute Gasteiger partial charge is 0.394 e. The Kier molecular flexibility index (Phi) is 5.08. The molecule has 2 saturated heterocycles. The Morgan fingerprint density at radius 1 is 1.14 bits per heavy atom. The Morgan fingerprint density at radius 3 is 2.31 bits per heavy atom. The lowest BCUT2D eigenvalue weighted by molar-refractivity contribution is -0.166. The van der Waals surface area contributed by atoms with Gasteiger partial charge in [-0.25, -0.2) is 0 Å². The fourth-order valence-electron chi connectivity index (χ4n) is 4.55. The summed E-state index contributed by atoms with van der Waals surface area (Å²) in [6, 6.07) is 17.3. The molecule has 2 aromatic rings. The van der Waals surface area contributed by atoms with Crippen molar-refractivity contribution in [2.24, 2.45) is 0 Å². The smallest absolute Gasteiger partial charge is 0.242 e. The molecule has 0 bridgehead atoms. The number of carbonyl (C=O) groups is 2. The van der Waals surface area contributed by atoms with Crippen LogP contribution in [0.25, 0.3) is 11.1 Å². The fraction of sp³-hybridized carbons (Fsp3) is 0.348. The van der Waals surface area contributed by atoms with Crippen molar-refractivity contribution in [1.82, 2.24) is 9.80 Å². The van der Waals surface area contributed by atoms with Gasteiger partial charge in [0.2, 0.25) is 11.8 Å². The molecule has 2 aromatic carbocycles. The molecule has 6 heteroatoms.